The highest BCUT2D eigenvalue weighted by molar-refractivity contribution is 6.30. The van der Waals surface area contributed by atoms with Crippen molar-refractivity contribution in [2.45, 2.75) is 6.42 Å². The molecule has 0 saturated carbocycles. The second-order valence-electron chi connectivity index (χ2n) is 5.22. The summed E-state index contributed by atoms with van der Waals surface area (Å²) in [6.07, 6.45) is 0.432. The normalized spacial score (nSPS) is 10.5. The second kappa shape index (κ2) is 7.81. The molecule has 0 saturated heterocycles. The van der Waals surface area contributed by atoms with Crippen molar-refractivity contribution in [3.05, 3.63) is 65.0 Å². The Bertz CT molecular complexity index is 862. The number of methoxy groups -OCH3 is 1. The van der Waals surface area contributed by atoms with Crippen molar-refractivity contribution in [3.8, 4) is 17.1 Å². The Hall–Kier alpha value is -2.86. The van der Waals surface area contributed by atoms with Crippen LogP contribution < -0.4 is 10.1 Å². The van der Waals surface area contributed by atoms with Crippen molar-refractivity contribution in [2.24, 2.45) is 0 Å². The number of amides is 1. The summed E-state index contributed by atoms with van der Waals surface area (Å²) in [4.78, 5) is 16.4. The number of carbonyl (C=O) groups is 1. The number of ether oxygens (including phenoxy) is 1. The topological polar surface area (TPSA) is 77.3 Å². The minimum absolute atomic E-state index is 0.180. The molecule has 0 atom stereocenters. The molecule has 3 aromatic rings. The highest BCUT2D eigenvalue weighted by atomic mass is 35.5. The molecule has 0 unspecified atom stereocenters. The van der Waals surface area contributed by atoms with Gasteiger partial charge in [-0.25, -0.2) is 0 Å². The van der Waals surface area contributed by atoms with Crippen LogP contribution in [-0.2, 0) is 6.42 Å². The quantitative estimate of drug-likeness (QED) is 0.731. The largest absolute Gasteiger partial charge is 0.496 e. The van der Waals surface area contributed by atoms with E-state index in [9.17, 15) is 4.79 Å². The van der Waals surface area contributed by atoms with Crippen LogP contribution in [0.1, 0.15) is 16.2 Å². The Morgan fingerprint density at radius 1 is 1.20 bits per heavy atom. The highest BCUT2D eigenvalue weighted by Crippen LogP contribution is 2.26. The van der Waals surface area contributed by atoms with Crippen LogP contribution in [0.3, 0.4) is 0 Å². The molecule has 6 nitrogen and oxygen atoms in total. The fourth-order valence-corrected chi connectivity index (χ4v) is 2.41. The number of hydrogen-bond acceptors (Lipinski definition) is 5. The van der Waals surface area contributed by atoms with Crippen molar-refractivity contribution in [1.82, 2.24) is 15.5 Å². The van der Waals surface area contributed by atoms with Gasteiger partial charge in [0.2, 0.25) is 11.7 Å². The number of hydrogen-bond donors (Lipinski definition) is 1. The van der Waals surface area contributed by atoms with Gasteiger partial charge in [0.1, 0.15) is 5.75 Å². The van der Waals surface area contributed by atoms with Gasteiger partial charge in [-0.3, -0.25) is 4.79 Å². The van der Waals surface area contributed by atoms with E-state index in [0.29, 0.717) is 41.0 Å². The number of nitrogens with one attached hydrogen (secondary N) is 1. The van der Waals surface area contributed by atoms with E-state index in [-0.39, 0.29) is 5.91 Å². The molecule has 0 spiro atoms. The first-order valence-corrected chi connectivity index (χ1v) is 8.05. The van der Waals surface area contributed by atoms with Gasteiger partial charge in [-0.1, -0.05) is 28.9 Å². The maximum absolute atomic E-state index is 12.0. The van der Waals surface area contributed by atoms with Gasteiger partial charge >= 0.3 is 0 Å². The van der Waals surface area contributed by atoms with Crippen LogP contribution in [0.4, 0.5) is 0 Å². The molecule has 1 aromatic heterocycles. The number of rotatable bonds is 6. The monoisotopic (exact) mass is 357 g/mol. The lowest BCUT2D eigenvalue weighted by molar-refractivity contribution is 0.0953. The molecule has 0 bridgehead atoms. The minimum Gasteiger partial charge on any atom is -0.496 e. The van der Waals surface area contributed by atoms with E-state index < -0.39 is 0 Å². The summed E-state index contributed by atoms with van der Waals surface area (Å²) in [5.41, 5.74) is 1.30. The SMILES string of the molecule is COc1ccccc1-c1noc(CCNC(=O)c2ccc(Cl)cc2)n1. The molecule has 0 aliphatic carbocycles. The van der Waals surface area contributed by atoms with E-state index in [0.717, 1.165) is 5.56 Å². The number of benzene rings is 2. The first kappa shape index (κ1) is 17.0. The molecule has 2 aromatic carbocycles. The minimum atomic E-state index is -0.180. The van der Waals surface area contributed by atoms with Gasteiger partial charge < -0.3 is 14.6 Å². The van der Waals surface area contributed by atoms with Crippen molar-refractivity contribution >= 4 is 17.5 Å². The molecule has 1 amide bonds. The van der Waals surface area contributed by atoms with Crippen molar-refractivity contribution < 1.29 is 14.1 Å². The van der Waals surface area contributed by atoms with E-state index in [1.54, 1.807) is 31.4 Å². The summed E-state index contributed by atoms with van der Waals surface area (Å²) in [6, 6.07) is 14.1. The molecule has 0 radical (unpaired) electrons. The zero-order valence-electron chi connectivity index (χ0n) is 13.5. The lowest BCUT2D eigenvalue weighted by atomic mass is 10.2. The van der Waals surface area contributed by atoms with Gasteiger partial charge in [0.25, 0.3) is 5.91 Å². The van der Waals surface area contributed by atoms with Gasteiger partial charge in [-0.15, -0.1) is 0 Å². The van der Waals surface area contributed by atoms with Crippen LogP contribution in [0.2, 0.25) is 5.02 Å². The van der Waals surface area contributed by atoms with E-state index in [4.69, 9.17) is 20.9 Å². The van der Waals surface area contributed by atoms with Crippen LogP contribution in [0.5, 0.6) is 5.75 Å². The summed E-state index contributed by atoms with van der Waals surface area (Å²) < 4.78 is 10.5. The molecule has 0 aliphatic heterocycles. The van der Waals surface area contributed by atoms with Gasteiger partial charge in [0.15, 0.2) is 0 Å². The average molecular weight is 358 g/mol. The van der Waals surface area contributed by atoms with Crippen LogP contribution in [0.25, 0.3) is 11.4 Å². The summed E-state index contributed by atoms with van der Waals surface area (Å²) in [6.45, 7) is 0.384. The summed E-state index contributed by atoms with van der Waals surface area (Å²) in [5, 5.41) is 7.36. The molecule has 0 fully saturated rings. The van der Waals surface area contributed by atoms with Crippen molar-refractivity contribution in [2.75, 3.05) is 13.7 Å². The van der Waals surface area contributed by atoms with Crippen molar-refractivity contribution in [1.29, 1.82) is 0 Å². The van der Waals surface area contributed by atoms with Gasteiger partial charge in [-0.2, -0.15) is 4.98 Å². The lowest BCUT2D eigenvalue weighted by Gasteiger charge is -2.03. The standard InChI is InChI=1S/C18H16ClN3O3/c1-24-15-5-3-2-4-14(15)17-21-16(25-22-17)10-11-20-18(23)12-6-8-13(19)9-7-12/h2-9H,10-11H2,1H3,(H,20,23). The number of para-hydroxylation sites is 1. The average Bonchev–Trinajstić information content (AvgIpc) is 3.11. The predicted molar refractivity (Wildman–Crippen MR) is 93.8 cm³/mol. The van der Waals surface area contributed by atoms with Crippen LogP contribution >= 0.6 is 11.6 Å². The first-order chi connectivity index (χ1) is 12.2. The molecule has 3 rings (SSSR count). The fraction of sp³-hybridized carbons (Fsp3) is 0.167. The third kappa shape index (κ3) is 4.16. The smallest absolute Gasteiger partial charge is 0.251 e. The van der Waals surface area contributed by atoms with Crippen LogP contribution in [0, 0.1) is 0 Å². The Labute approximate surface area is 149 Å². The highest BCUT2D eigenvalue weighted by Gasteiger charge is 2.13. The molecule has 1 N–H and O–H groups in total. The Morgan fingerprint density at radius 3 is 2.72 bits per heavy atom. The van der Waals surface area contributed by atoms with E-state index in [1.165, 1.54) is 0 Å². The summed E-state index contributed by atoms with van der Waals surface area (Å²) in [7, 11) is 1.59. The maximum Gasteiger partial charge on any atom is 0.251 e. The zero-order valence-corrected chi connectivity index (χ0v) is 14.3. The lowest BCUT2D eigenvalue weighted by Crippen LogP contribution is -2.25. The van der Waals surface area contributed by atoms with E-state index in [2.05, 4.69) is 15.5 Å². The van der Waals surface area contributed by atoms with Gasteiger partial charge in [0, 0.05) is 23.6 Å². The molecule has 7 heteroatoms. The third-order valence-electron chi connectivity index (χ3n) is 3.55. The molecule has 128 valence electrons. The van der Waals surface area contributed by atoms with Crippen LogP contribution in [0.15, 0.2) is 53.1 Å². The van der Waals surface area contributed by atoms with E-state index >= 15 is 0 Å². The molecule has 25 heavy (non-hydrogen) atoms. The Kier molecular flexibility index (Phi) is 5.30. The first-order valence-electron chi connectivity index (χ1n) is 7.67. The van der Waals surface area contributed by atoms with Crippen molar-refractivity contribution in [3.63, 3.8) is 0 Å². The molecule has 1 heterocycles. The summed E-state index contributed by atoms with van der Waals surface area (Å²) in [5.74, 6) is 1.39. The maximum atomic E-state index is 12.0. The van der Waals surface area contributed by atoms with Crippen LogP contribution in [-0.4, -0.2) is 29.7 Å². The second-order valence-corrected chi connectivity index (χ2v) is 5.66. The Morgan fingerprint density at radius 2 is 1.96 bits per heavy atom. The summed E-state index contributed by atoms with van der Waals surface area (Å²) >= 11 is 5.81. The molecule has 0 aliphatic rings. The van der Waals surface area contributed by atoms with E-state index in [1.807, 2.05) is 24.3 Å². The van der Waals surface area contributed by atoms with Gasteiger partial charge in [-0.05, 0) is 36.4 Å². The zero-order chi connectivity index (χ0) is 17.6. The van der Waals surface area contributed by atoms with Gasteiger partial charge in [0.05, 0.1) is 12.7 Å². The number of carbonyl (C=O) groups excluding carboxylic acids is 1. The molecular weight excluding hydrogens is 342 g/mol. The third-order valence-corrected chi connectivity index (χ3v) is 3.80. The number of aromatic nitrogens is 2. The Balaban J connectivity index is 1.59. The molecular formula is C18H16ClN3O3. The number of nitrogens with zero attached hydrogens (tertiary/aromatic N) is 2. The predicted octanol–water partition coefficient (Wildman–Crippen LogP) is 3.37. The fourth-order valence-electron chi connectivity index (χ4n) is 2.28. The number of halogens is 1.